The van der Waals surface area contributed by atoms with Gasteiger partial charge in [0.1, 0.15) is 13.6 Å². The number of hydrogen-bond donors (Lipinski definition) is 1. The van der Waals surface area contributed by atoms with Crippen molar-refractivity contribution in [2.24, 2.45) is 0 Å². The second-order valence-corrected chi connectivity index (χ2v) is 5.92. The maximum absolute atomic E-state index is 10.7. The number of phosphoric ester groups is 1. The number of fused-ring (bicyclic) bond motifs is 2. The second-order valence-electron chi connectivity index (χ2n) is 4.40. The third kappa shape index (κ3) is 2.80. The number of rotatable bonds is 2. The van der Waals surface area contributed by atoms with E-state index in [1.807, 2.05) is 0 Å². The van der Waals surface area contributed by atoms with Gasteiger partial charge < -0.3 is 24.6 Å². The Morgan fingerprint density at radius 3 is 2.57 bits per heavy atom. The molecule has 0 saturated heterocycles. The van der Waals surface area contributed by atoms with Gasteiger partial charge in [-0.25, -0.2) is 4.98 Å². The molecule has 2 aromatic carbocycles. The molecule has 3 rings (SSSR count). The van der Waals surface area contributed by atoms with Crippen molar-refractivity contribution in [1.29, 1.82) is 0 Å². The van der Waals surface area contributed by atoms with Crippen LogP contribution in [0.15, 0.2) is 36.4 Å². The number of aromatic nitrogens is 1. The average Bonchev–Trinajstić information content (AvgIpc) is 2.37. The number of halogens is 1. The third-order valence-electron chi connectivity index (χ3n) is 2.97. The summed E-state index contributed by atoms with van der Waals surface area (Å²) in [4.78, 5) is 25.7. The Kier molecular flexibility index (Phi) is 3.26. The van der Waals surface area contributed by atoms with Gasteiger partial charge in [-0.3, -0.25) is 0 Å². The van der Waals surface area contributed by atoms with Crippen molar-refractivity contribution in [3.8, 4) is 5.75 Å². The number of hydrogen-bond acceptors (Lipinski definition) is 6. The molecule has 0 aliphatic heterocycles. The highest BCUT2D eigenvalue weighted by Crippen LogP contribution is 2.35. The molecule has 0 atom stereocenters. The fourth-order valence-electron chi connectivity index (χ4n) is 2.11. The predicted molar refractivity (Wildman–Crippen MR) is 76.9 cm³/mol. The number of pyridine rings is 1. The van der Waals surface area contributed by atoms with Crippen LogP contribution in [-0.4, -0.2) is 4.98 Å². The van der Waals surface area contributed by atoms with Gasteiger partial charge in [-0.15, -0.1) is 0 Å². The SMILES string of the molecule is Nc1c2ccc(Cl)cc2nc2ccc(OP(=O)([O-])[O-])cc12. The van der Waals surface area contributed by atoms with E-state index in [-0.39, 0.29) is 5.75 Å². The summed E-state index contributed by atoms with van der Waals surface area (Å²) in [6, 6.07) is 9.32. The molecule has 21 heavy (non-hydrogen) atoms. The smallest absolute Gasteiger partial charge is 0.125 e. The quantitative estimate of drug-likeness (QED) is 0.569. The molecular weight excluding hydrogens is 315 g/mol. The van der Waals surface area contributed by atoms with Gasteiger partial charge in [0.2, 0.25) is 0 Å². The van der Waals surface area contributed by atoms with Crippen molar-refractivity contribution in [3.63, 3.8) is 0 Å². The van der Waals surface area contributed by atoms with E-state index in [0.717, 1.165) is 0 Å². The van der Waals surface area contributed by atoms with Crippen molar-refractivity contribution in [3.05, 3.63) is 41.4 Å². The fraction of sp³-hybridized carbons (Fsp3) is 0. The minimum atomic E-state index is -5.11. The summed E-state index contributed by atoms with van der Waals surface area (Å²) < 4.78 is 15.0. The van der Waals surface area contributed by atoms with Crippen molar-refractivity contribution >= 4 is 46.9 Å². The van der Waals surface area contributed by atoms with Crippen LogP contribution in [0, 0.1) is 0 Å². The molecule has 6 nitrogen and oxygen atoms in total. The molecule has 0 unspecified atom stereocenters. The Balaban J connectivity index is 2.26. The molecule has 0 radical (unpaired) electrons. The fourth-order valence-corrected chi connectivity index (χ4v) is 2.65. The van der Waals surface area contributed by atoms with Crippen LogP contribution in [0.25, 0.3) is 21.8 Å². The first-order valence-electron chi connectivity index (χ1n) is 5.84. The number of nitrogen functional groups attached to an aromatic ring is 1. The van der Waals surface area contributed by atoms with E-state index in [2.05, 4.69) is 9.51 Å². The van der Waals surface area contributed by atoms with Crippen LogP contribution in [0.5, 0.6) is 5.75 Å². The van der Waals surface area contributed by atoms with Gasteiger partial charge in [0.25, 0.3) is 0 Å². The zero-order valence-electron chi connectivity index (χ0n) is 10.4. The molecule has 0 saturated carbocycles. The van der Waals surface area contributed by atoms with Crippen LogP contribution in [0.4, 0.5) is 5.69 Å². The molecular formula is C13H8ClN2O4P-2. The van der Waals surface area contributed by atoms with Gasteiger partial charge in [0.05, 0.1) is 16.7 Å². The molecule has 1 aromatic heterocycles. The van der Waals surface area contributed by atoms with Crippen LogP contribution in [0.2, 0.25) is 5.02 Å². The lowest BCUT2D eigenvalue weighted by Crippen LogP contribution is -2.18. The number of nitrogens with two attached hydrogens (primary N) is 1. The standard InChI is InChI=1S/C13H10ClN2O4P/c14-7-1-3-9-12(5-7)16-11-4-2-8(20-21(17,18)19)6-10(11)13(9)15/h1-6H,(H2,15,16)(H2,17,18,19)/p-2. The van der Waals surface area contributed by atoms with Crippen molar-refractivity contribution < 1.29 is 18.9 Å². The summed E-state index contributed by atoms with van der Waals surface area (Å²) in [5, 5.41) is 1.71. The van der Waals surface area contributed by atoms with Crippen molar-refractivity contribution in [1.82, 2.24) is 4.98 Å². The van der Waals surface area contributed by atoms with Gasteiger partial charge in [-0.1, -0.05) is 11.6 Å². The number of benzene rings is 2. The molecule has 0 aliphatic carbocycles. The highest BCUT2D eigenvalue weighted by Gasteiger charge is 2.08. The van der Waals surface area contributed by atoms with Gasteiger partial charge in [0, 0.05) is 15.8 Å². The van der Waals surface area contributed by atoms with E-state index in [4.69, 9.17) is 17.3 Å². The van der Waals surface area contributed by atoms with E-state index in [1.165, 1.54) is 18.2 Å². The highest BCUT2D eigenvalue weighted by molar-refractivity contribution is 7.43. The molecule has 2 N–H and O–H groups in total. The number of anilines is 1. The molecule has 0 fully saturated rings. The van der Waals surface area contributed by atoms with Crippen LogP contribution >= 0.6 is 19.4 Å². The summed E-state index contributed by atoms with van der Waals surface area (Å²) in [5.74, 6) is -0.0994. The van der Waals surface area contributed by atoms with Crippen LogP contribution in [-0.2, 0) is 4.57 Å². The van der Waals surface area contributed by atoms with Gasteiger partial charge in [0.15, 0.2) is 0 Å². The molecule has 8 heteroatoms. The highest BCUT2D eigenvalue weighted by atomic mass is 35.5. The molecule has 0 aliphatic rings. The minimum absolute atomic E-state index is 0.0994. The third-order valence-corrected chi connectivity index (χ3v) is 3.64. The summed E-state index contributed by atoms with van der Waals surface area (Å²) in [6.45, 7) is 0. The molecule has 108 valence electrons. The molecule has 3 aromatic rings. The summed E-state index contributed by atoms with van der Waals surface area (Å²) in [5.41, 5.74) is 7.65. The first-order chi connectivity index (χ1) is 9.83. The lowest BCUT2D eigenvalue weighted by atomic mass is 10.1. The van der Waals surface area contributed by atoms with E-state index in [9.17, 15) is 14.4 Å². The Labute approximate surface area is 124 Å². The average molecular weight is 323 g/mol. The maximum Gasteiger partial charge on any atom is 0.125 e. The Morgan fingerprint density at radius 2 is 1.86 bits per heavy atom. The lowest BCUT2D eigenvalue weighted by molar-refractivity contribution is -0.333. The van der Waals surface area contributed by atoms with E-state index < -0.39 is 7.82 Å². The monoisotopic (exact) mass is 322 g/mol. The molecule has 1 heterocycles. The summed E-state index contributed by atoms with van der Waals surface area (Å²) >= 11 is 5.92. The largest absolute Gasteiger partial charge is 0.780 e. The molecule has 0 amide bonds. The maximum atomic E-state index is 10.7. The number of nitrogens with zero attached hydrogens (tertiary/aromatic N) is 1. The normalized spacial score (nSPS) is 12.0. The minimum Gasteiger partial charge on any atom is -0.780 e. The van der Waals surface area contributed by atoms with Gasteiger partial charge >= 0.3 is 0 Å². The Bertz CT molecular complexity index is 909. The van der Waals surface area contributed by atoms with Gasteiger partial charge in [-0.2, -0.15) is 0 Å². The zero-order valence-corrected chi connectivity index (χ0v) is 12.1. The second kappa shape index (κ2) is 4.86. The zero-order chi connectivity index (χ0) is 15.2. The van der Waals surface area contributed by atoms with E-state index in [0.29, 0.717) is 32.5 Å². The lowest BCUT2D eigenvalue weighted by Gasteiger charge is -2.29. The van der Waals surface area contributed by atoms with Crippen LogP contribution in [0.1, 0.15) is 0 Å². The first kappa shape index (κ1) is 14.1. The van der Waals surface area contributed by atoms with Gasteiger partial charge in [-0.05, 0) is 36.4 Å². The van der Waals surface area contributed by atoms with E-state index in [1.54, 1.807) is 18.2 Å². The predicted octanol–water partition coefficient (Wildman–Crippen LogP) is 1.83. The Morgan fingerprint density at radius 1 is 1.10 bits per heavy atom. The van der Waals surface area contributed by atoms with Crippen molar-refractivity contribution in [2.75, 3.05) is 5.73 Å². The Hall–Kier alpha value is -1.85. The van der Waals surface area contributed by atoms with Crippen molar-refractivity contribution in [2.45, 2.75) is 0 Å². The molecule has 0 bridgehead atoms. The number of phosphoric acid groups is 1. The molecule has 0 spiro atoms. The topological polar surface area (TPSA) is 111 Å². The van der Waals surface area contributed by atoms with E-state index >= 15 is 0 Å². The summed E-state index contributed by atoms with van der Waals surface area (Å²) in [6.07, 6.45) is 0. The summed E-state index contributed by atoms with van der Waals surface area (Å²) in [7, 11) is -5.11. The van der Waals surface area contributed by atoms with Crippen LogP contribution < -0.4 is 20.0 Å². The van der Waals surface area contributed by atoms with Crippen LogP contribution in [0.3, 0.4) is 0 Å². The first-order valence-corrected chi connectivity index (χ1v) is 7.67.